The molecule has 0 spiro atoms. The van der Waals surface area contributed by atoms with E-state index in [1.54, 1.807) is 12.1 Å². The van der Waals surface area contributed by atoms with Crippen LogP contribution in [-0.2, 0) is 20.1 Å². The number of hydrogen-bond acceptors (Lipinski definition) is 4. The van der Waals surface area contributed by atoms with Crippen LogP contribution in [-0.4, -0.2) is 28.1 Å². The Hall–Kier alpha value is -0.910. The first-order chi connectivity index (χ1) is 8.66. The van der Waals surface area contributed by atoms with Crippen molar-refractivity contribution in [1.82, 2.24) is 5.32 Å². The van der Waals surface area contributed by atoms with Crippen molar-refractivity contribution in [3.8, 4) is 0 Å². The Kier molecular flexibility index (Phi) is 4.74. The van der Waals surface area contributed by atoms with Crippen LogP contribution in [0.15, 0.2) is 30.3 Å². The van der Waals surface area contributed by atoms with Gasteiger partial charge in [-0.15, -0.1) is 0 Å². The highest BCUT2D eigenvalue weighted by molar-refractivity contribution is 7.85. The molecule has 1 aromatic rings. The number of hydrogen-bond donors (Lipinski definition) is 1. The molecule has 0 unspecified atom stereocenters. The molecule has 0 amide bonds. The monoisotopic (exact) mass is 269 g/mol. The van der Waals surface area contributed by atoms with E-state index < -0.39 is 10.1 Å². The predicted octanol–water partition coefficient (Wildman–Crippen LogP) is 1.53. The summed E-state index contributed by atoms with van der Waals surface area (Å²) in [6, 6.07) is 9.12. The average Bonchev–Trinajstić information content (AvgIpc) is 2.38. The summed E-state index contributed by atoms with van der Waals surface area (Å²) in [5, 5.41) is 3.25. The molecular formula is C13H19NO3S. The Morgan fingerprint density at radius 3 is 2.50 bits per heavy atom. The van der Waals surface area contributed by atoms with Crippen LogP contribution in [0, 0.1) is 5.92 Å². The van der Waals surface area contributed by atoms with Crippen molar-refractivity contribution in [3.05, 3.63) is 35.9 Å². The van der Waals surface area contributed by atoms with Gasteiger partial charge in [0.25, 0.3) is 10.1 Å². The SMILES string of the molecule is O=S(=O)(Cc1ccccc1)OCC1CCNCC1. The van der Waals surface area contributed by atoms with E-state index in [-0.39, 0.29) is 5.75 Å². The first-order valence-electron chi connectivity index (χ1n) is 6.27. The molecule has 5 heteroatoms. The Labute approximate surface area is 108 Å². The van der Waals surface area contributed by atoms with E-state index in [0.29, 0.717) is 12.5 Å². The lowest BCUT2D eigenvalue weighted by atomic mass is 10.00. The van der Waals surface area contributed by atoms with Gasteiger partial charge in [0.1, 0.15) is 5.75 Å². The van der Waals surface area contributed by atoms with Crippen molar-refractivity contribution < 1.29 is 12.6 Å². The van der Waals surface area contributed by atoms with Gasteiger partial charge in [-0.25, -0.2) is 0 Å². The van der Waals surface area contributed by atoms with Crippen LogP contribution in [0.5, 0.6) is 0 Å². The summed E-state index contributed by atoms with van der Waals surface area (Å²) in [5.74, 6) is 0.315. The van der Waals surface area contributed by atoms with E-state index in [9.17, 15) is 8.42 Å². The molecule has 0 saturated carbocycles. The third-order valence-electron chi connectivity index (χ3n) is 3.13. The molecule has 1 N–H and O–H groups in total. The molecule has 1 aliphatic heterocycles. The predicted molar refractivity (Wildman–Crippen MR) is 70.6 cm³/mol. The van der Waals surface area contributed by atoms with Gasteiger partial charge in [0.15, 0.2) is 0 Å². The second kappa shape index (κ2) is 6.31. The first-order valence-corrected chi connectivity index (χ1v) is 7.85. The molecule has 18 heavy (non-hydrogen) atoms. The molecule has 1 aliphatic rings. The lowest BCUT2D eigenvalue weighted by Gasteiger charge is -2.21. The Morgan fingerprint density at radius 2 is 1.83 bits per heavy atom. The first kappa shape index (κ1) is 13.5. The van der Waals surface area contributed by atoms with E-state index in [1.165, 1.54) is 0 Å². The van der Waals surface area contributed by atoms with Crippen LogP contribution in [0.2, 0.25) is 0 Å². The molecule has 0 aliphatic carbocycles. The lowest BCUT2D eigenvalue weighted by molar-refractivity contribution is 0.220. The zero-order chi connectivity index (χ0) is 12.8. The van der Waals surface area contributed by atoms with Gasteiger partial charge in [0.2, 0.25) is 0 Å². The highest BCUT2D eigenvalue weighted by Gasteiger charge is 2.18. The zero-order valence-corrected chi connectivity index (χ0v) is 11.2. The number of nitrogens with one attached hydrogen (secondary N) is 1. The van der Waals surface area contributed by atoms with Crippen LogP contribution in [0.1, 0.15) is 18.4 Å². The zero-order valence-electron chi connectivity index (χ0n) is 10.3. The van der Waals surface area contributed by atoms with Gasteiger partial charge in [0, 0.05) is 0 Å². The molecular weight excluding hydrogens is 250 g/mol. The summed E-state index contributed by atoms with van der Waals surface area (Å²) >= 11 is 0. The summed E-state index contributed by atoms with van der Waals surface area (Å²) < 4.78 is 28.7. The van der Waals surface area contributed by atoms with Crippen molar-refractivity contribution in [1.29, 1.82) is 0 Å². The highest BCUT2D eigenvalue weighted by atomic mass is 32.2. The molecule has 0 bridgehead atoms. The highest BCUT2D eigenvalue weighted by Crippen LogP contribution is 2.15. The summed E-state index contributed by atoms with van der Waals surface area (Å²) in [6.45, 7) is 2.22. The maximum Gasteiger partial charge on any atom is 0.271 e. The second-order valence-electron chi connectivity index (χ2n) is 4.67. The van der Waals surface area contributed by atoms with Crippen LogP contribution in [0.4, 0.5) is 0 Å². The van der Waals surface area contributed by atoms with E-state index in [1.807, 2.05) is 18.2 Å². The smallest absolute Gasteiger partial charge is 0.271 e. The van der Waals surface area contributed by atoms with Crippen LogP contribution in [0.3, 0.4) is 0 Å². The quantitative estimate of drug-likeness (QED) is 0.824. The fraction of sp³-hybridized carbons (Fsp3) is 0.538. The molecule has 1 saturated heterocycles. The van der Waals surface area contributed by atoms with Crippen LogP contribution >= 0.6 is 0 Å². The Balaban J connectivity index is 1.83. The van der Waals surface area contributed by atoms with Crippen molar-refractivity contribution in [2.24, 2.45) is 5.92 Å². The van der Waals surface area contributed by atoms with E-state index >= 15 is 0 Å². The Morgan fingerprint density at radius 1 is 1.17 bits per heavy atom. The van der Waals surface area contributed by atoms with Gasteiger partial charge in [-0.05, 0) is 37.4 Å². The minimum absolute atomic E-state index is 0.0428. The molecule has 0 atom stereocenters. The topological polar surface area (TPSA) is 55.4 Å². The molecule has 0 aromatic heterocycles. The summed E-state index contributed by atoms with van der Waals surface area (Å²) in [6.07, 6.45) is 1.97. The molecule has 1 heterocycles. The maximum atomic E-state index is 11.8. The van der Waals surface area contributed by atoms with Crippen molar-refractivity contribution in [3.63, 3.8) is 0 Å². The van der Waals surface area contributed by atoms with Gasteiger partial charge in [-0.1, -0.05) is 30.3 Å². The van der Waals surface area contributed by atoms with Gasteiger partial charge in [-0.2, -0.15) is 8.42 Å². The maximum absolute atomic E-state index is 11.8. The number of benzene rings is 1. The normalized spacial score (nSPS) is 17.8. The van der Waals surface area contributed by atoms with Crippen LogP contribution in [0.25, 0.3) is 0 Å². The molecule has 100 valence electrons. The van der Waals surface area contributed by atoms with Gasteiger partial charge in [0.05, 0.1) is 6.61 Å². The third kappa shape index (κ3) is 4.40. The fourth-order valence-corrected chi connectivity index (χ4v) is 3.15. The third-order valence-corrected chi connectivity index (χ3v) is 4.31. The van der Waals surface area contributed by atoms with Crippen molar-refractivity contribution in [2.45, 2.75) is 18.6 Å². The summed E-state index contributed by atoms with van der Waals surface area (Å²) in [4.78, 5) is 0. The molecule has 4 nitrogen and oxygen atoms in total. The minimum atomic E-state index is -3.45. The average molecular weight is 269 g/mol. The molecule has 1 aromatic carbocycles. The van der Waals surface area contributed by atoms with E-state index in [0.717, 1.165) is 31.5 Å². The van der Waals surface area contributed by atoms with Gasteiger partial charge >= 0.3 is 0 Å². The van der Waals surface area contributed by atoms with Crippen LogP contribution < -0.4 is 5.32 Å². The molecule has 1 fully saturated rings. The Bertz CT molecular complexity index is 452. The molecule has 0 radical (unpaired) electrons. The van der Waals surface area contributed by atoms with E-state index in [4.69, 9.17) is 4.18 Å². The number of piperidine rings is 1. The van der Waals surface area contributed by atoms with Gasteiger partial charge < -0.3 is 5.32 Å². The largest absolute Gasteiger partial charge is 0.317 e. The standard InChI is InChI=1S/C13H19NO3S/c15-18(16,11-13-4-2-1-3-5-13)17-10-12-6-8-14-9-7-12/h1-5,12,14H,6-11H2. The van der Waals surface area contributed by atoms with Crippen molar-refractivity contribution >= 4 is 10.1 Å². The minimum Gasteiger partial charge on any atom is -0.317 e. The second-order valence-corrected chi connectivity index (χ2v) is 6.31. The van der Waals surface area contributed by atoms with Crippen molar-refractivity contribution in [2.75, 3.05) is 19.7 Å². The van der Waals surface area contributed by atoms with Gasteiger partial charge in [-0.3, -0.25) is 4.18 Å². The fourth-order valence-electron chi connectivity index (χ4n) is 2.07. The summed E-state index contributed by atoms with van der Waals surface area (Å²) in [5.41, 5.74) is 0.766. The summed E-state index contributed by atoms with van der Waals surface area (Å²) in [7, 11) is -3.45. The lowest BCUT2D eigenvalue weighted by Crippen LogP contribution is -2.30. The van der Waals surface area contributed by atoms with E-state index in [2.05, 4.69) is 5.32 Å². The molecule has 2 rings (SSSR count). The number of rotatable bonds is 5.